The van der Waals surface area contributed by atoms with Crippen molar-refractivity contribution in [2.24, 2.45) is 0 Å². The summed E-state index contributed by atoms with van der Waals surface area (Å²) in [6, 6.07) is 11.1. The molecule has 0 amide bonds. The maximum atomic E-state index is 14.4. The molecule has 0 fully saturated rings. The van der Waals surface area contributed by atoms with Crippen LogP contribution in [-0.4, -0.2) is 31.0 Å². The van der Waals surface area contributed by atoms with Crippen molar-refractivity contribution in [3.8, 4) is 11.5 Å². The summed E-state index contributed by atoms with van der Waals surface area (Å²) >= 11 is 0. The zero-order chi connectivity index (χ0) is 17.0. The average molecular weight is 322 g/mol. The van der Waals surface area contributed by atoms with Crippen molar-refractivity contribution in [1.29, 1.82) is 0 Å². The van der Waals surface area contributed by atoms with E-state index in [0.717, 1.165) is 0 Å². The van der Waals surface area contributed by atoms with Gasteiger partial charge in [-0.25, -0.2) is 0 Å². The van der Waals surface area contributed by atoms with Crippen LogP contribution >= 0.6 is 0 Å². The van der Waals surface area contributed by atoms with Crippen molar-refractivity contribution >= 4 is 5.78 Å². The lowest BCUT2D eigenvalue weighted by Crippen LogP contribution is -2.36. The highest BCUT2D eigenvalue weighted by atomic mass is 19.3. The number of methoxy groups -OCH3 is 2. The molecule has 122 valence electrons. The number of carbonyl (C=O) groups excluding carboxylic acids is 1. The number of halogens is 2. The van der Waals surface area contributed by atoms with Crippen LogP contribution in [0.4, 0.5) is 8.78 Å². The van der Waals surface area contributed by atoms with Crippen LogP contribution in [0.2, 0.25) is 0 Å². The Hall–Kier alpha value is -2.47. The third-order valence-electron chi connectivity index (χ3n) is 3.37. The number of benzene rings is 2. The molecule has 23 heavy (non-hydrogen) atoms. The van der Waals surface area contributed by atoms with Crippen molar-refractivity contribution in [2.75, 3.05) is 14.2 Å². The summed E-state index contributed by atoms with van der Waals surface area (Å²) in [5.74, 6) is -4.96. The number of Topliss-reactive ketones (excluding diaryl/α,β-unsaturated/α-hetero) is 1. The van der Waals surface area contributed by atoms with Gasteiger partial charge >= 0.3 is 5.92 Å². The fourth-order valence-corrected chi connectivity index (χ4v) is 2.10. The van der Waals surface area contributed by atoms with Crippen molar-refractivity contribution in [1.82, 2.24) is 0 Å². The summed E-state index contributed by atoms with van der Waals surface area (Å²) in [4.78, 5) is 12.0. The quantitative estimate of drug-likeness (QED) is 0.830. The molecule has 0 saturated heterocycles. The van der Waals surface area contributed by atoms with E-state index in [1.165, 1.54) is 56.7 Å². The molecule has 1 unspecified atom stereocenters. The second kappa shape index (κ2) is 6.75. The van der Waals surface area contributed by atoms with Gasteiger partial charge in [0, 0.05) is 11.6 Å². The lowest BCUT2D eigenvalue weighted by atomic mass is 9.96. The van der Waals surface area contributed by atoms with Gasteiger partial charge in [0.05, 0.1) is 14.2 Å². The number of aliphatic hydroxyl groups is 1. The molecule has 1 atom stereocenters. The predicted octanol–water partition coefficient (Wildman–Crippen LogP) is 3.26. The molecule has 0 saturated carbocycles. The van der Waals surface area contributed by atoms with Crippen LogP contribution in [0, 0.1) is 0 Å². The molecule has 0 heterocycles. The number of ether oxygens (including phenoxy) is 2. The molecule has 0 aliphatic carbocycles. The summed E-state index contributed by atoms with van der Waals surface area (Å²) in [6.07, 6.45) is -2.32. The Morgan fingerprint density at radius 2 is 1.57 bits per heavy atom. The lowest BCUT2D eigenvalue weighted by molar-refractivity contribution is -0.0793. The normalized spacial score (nSPS) is 12.6. The highest BCUT2D eigenvalue weighted by Gasteiger charge is 2.47. The number of ketones is 1. The van der Waals surface area contributed by atoms with Crippen molar-refractivity contribution in [3.63, 3.8) is 0 Å². The Morgan fingerprint density at radius 3 is 2.04 bits per heavy atom. The largest absolute Gasteiger partial charge is 0.497 e. The summed E-state index contributed by atoms with van der Waals surface area (Å²) in [6.45, 7) is 0. The minimum atomic E-state index is -3.99. The van der Waals surface area contributed by atoms with E-state index in [4.69, 9.17) is 9.47 Å². The molecule has 2 aromatic carbocycles. The van der Waals surface area contributed by atoms with Gasteiger partial charge in [0.2, 0.25) is 5.78 Å². The third-order valence-corrected chi connectivity index (χ3v) is 3.37. The van der Waals surface area contributed by atoms with Crippen LogP contribution in [0.1, 0.15) is 22.0 Å². The topological polar surface area (TPSA) is 55.8 Å². The van der Waals surface area contributed by atoms with E-state index in [1.54, 1.807) is 6.07 Å². The van der Waals surface area contributed by atoms with E-state index >= 15 is 0 Å². The zero-order valence-electron chi connectivity index (χ0n) is 12.6. The van der Waals surface area contributed by atoms with Crippen molar-refractivity contribution in [3.05, 3.63) is 59.7 Å². The first kappa shape index (κ1) is 16.9. The summed E-state index contributed by atoms with van der Waals surface area (Å²) in [5, 5.41) is 10.0. The van der Waals surface area contributed by atoms with Crippen LogP contribution in [0.25, 0.3) is 0 Å². The van der Waals surface area contributed by atoms with E-state index in [-0.39, 0.29) is 22.6 Å². The van der Waals surface area contributed by atoms with E-state index in [2.05, 4.69) is 0 Å². The summed E-state index contributed by atoms with van der Waals surface area (Å²) in [5.41, 5.74) is -0.345. The van der Waals surface area contributed by atoms with Gasteiger partial charge in [-0.3, -0.25) is 4.79 Å². The Labute approximate surface area is 132 Å². The first-order valence-corrected chi connectivity index (χ1v) is 6.79. The van der Waals surface area contributed by atoms with Crippen LogP contribution in [-0.2, 0) is 0 Å². The van der Waals surface area contributed by atoms with Crippen LogP contribution in [0.15, 0.2) is 48.5 Å². The number of rotatable bonds is 6. The maximum Gasteiger partial charge on any atom is 0.339 e. The molecule has 0 aromatic heterocycles. The molecule has 0 radical (unpaired) electrons. The smallest absolute Gasteiger partial charge is 0.339 e. The fourth-order valence-electron chi connectivity index (χ4n) is 2.10. The molecule has 1 N–H and O–H groups in total. The van der Waals surface area contributed by atoms with Gasteiger partial charge in [-0.15, -0.1) is 0 Å². The van der Waals surface area contributed by atoms with Gasteiger partial charge in [0.25, 0.3) is 0 Å². The molecule has 2 aromatic rings. The molecule has 6 heteroatoms. The molecular formula is C17H16F2O4. The summed E-state index contributed by atoms with van der Waals surface area (Å²) < 4.78 is 38.7. The fraction of sp³-hybridized carbons (Fsp3) is 0.235. The number of hydrogen-bond acceptors (Lipinski definition) is 4. The minimum absolute atomic E-state index is 0.171. The lowest BCUT2D eigenvalue weighted by Gasteiger charge is -2.22. The molecule has 0 aliphatic heterocycles. The van der Waals surface area contributed by atoms with Gasteiger partial charge in [-0.2, -0.15) is 8.78 Å². The third kappa shape index (κ3) is 3.48. The minimum Gasteiger partial charge on any atom is -0.497 e. The van der Waals surface area contributed by atoms with E-state index < -0.39 is 17.8 Å². The van der Waals surface area contributed by atoms with Gasteiger partial charge in [0.1, 0.15) is 11.5 Å². The molecule has 0 aliphatic rings. The first-order chi connectivity index (χ1) is 10.9. The van der Waals surface area contributed by atoms with Crippen LogP contribution < -0.4 is 9.47 Å². The van der Waals surface area contributed by atoms with E-state index in [0.29, 0.717) is 0 Å². The number of hydrogen-bond donors (Lipinski definition) is 1. The standard InChI is InChI=1S/C17H16F2O4/c1-22-13-8-12(9-14(10-13)23-2)16(21)17(18,19)15(20)11-6-4-3-5-7-11/h3-10,16,21H,1-2H3. The number of alkyl halides is 2. The Balaban J connectivity index is 2.38. The SMILES string of the molecule is COc1cc(OC)cc(C(O)C(F)(F)C(=O)c2ccccc2)c1. The monoisotopic (exact) mass is 322 g/mol. The molecule has 0 spiro atoms. The number of aliphatic hydroxyl groups excluding tert-OH is 1. The molecular weight excluding hydrogens is 306 g/mol. The number of carbonyl (C=O) groups is 1. The predicted molar refractivity (Wildman–Crippen MR) is 80.2 cm³/mol. The second-order valence-corrected chi connectivity index (χ2v) is 4.87. The molecule has 0 bridgehead atoms. The van der Waals surface area contributed by atoms with Crippen molar-refractivity contribution in [2.45, 2.75) is 12.0 Å². The van der Waals surface area contributed by atoms with Crippen molar-refractivity contribution < 1.29 is 28.2 Å². The van der Waals surface area contributed by atoms with Gasteiger partial charge in [-0.05, 0) is 17.7 Å². The van der Waals surface area contributed by atoms with Gasteiger partial charge in [-0.1, -0.05) is 30.3 Å². The van der Waals surface area contributed by atoms with Crippen LogP contribution in [0.5, 0.6) is 11.5 Å². The molecule has 4 nitrogen and oxygen atoms in total. The zero-order valence-corrected chi connectivity index (χ0v) is 12.6. The van der Waals surface area contributed by atoms with Gasteiger partial charge < -0.3 is 14.6 Å². The first-order valence-electron chi connectivity index (χ1n) is 6.79. The average Bonchev–Trinajstić information content (AvgIpc) is 2.60. The Morgan fingerprint density at radius 1 is 1.04 bits per heavy atom. The second-order valence-electron chi connectivity index (χ2n) is 4.87. The van der Waals surface area contributed by atoms with E-state index in [9.17, 15) is 18.7 Å². The highest BCUT2D eigenvalue weighted by molar-refractivity contribution is 6.01. The summed E-state index contributed by atoms with van der Waals surface area (Å²) in [7, 11) is 2.72. The maximum absolute atomic E-state index is 14.4. The molecule has 2 rings (SSSR count). The highest BCUT2D eigenvalue weighted by Crippen LogP contribution is 2.37. The Bertz CT molecular complexity index is 664. The van der Waals surface area contributed by atoms with E-state index in [1.807, 2.05) is 0 Å². The van der Waals surface area contributed by atoms with Crippen LogP contribution in [0.3, 0.4) is 0 Å². The van der Waals surface area contributed by atoms with Gasteiger partial charge in [0.15, 0.2) is 6.10 Å². The Kier molecular flexibility index (Phi) is 4.95.